The highest BCUT2D eigenvalue weighted by molar-refractivity contribution is 5.02. The van der Waals surface area contributed by atoms with Gasteiger partial charge in [0, 0.05) is 18.6 Å². The van der Waals surface area contributed by atoms with Gasteiger partial charge in [0.05, 0.1) is 6.61 Å². The van der Waals surface area contributed by atoms with Crippen LogP contribution in [0.5, 0.6) is 0 Å². The number of fused-ring (bicyclic) bond motifs is 1. The highest BCUT2D eigenvalue weighted by Gasteiger charge is 2.48. The summed E-state index contributed by atoms with van der Waals surface area (Å²) in [6, 6.07) is 0.484. The Labute approximate surface area is 49.0 Å². The molecule has 1 aliphatic carbocycles. The van der Waals surface area contributed by atoms with E-state index in [0.29, 0.717) is 6.04 Å². The van der Waals surface area contributed by atoms with Crippen molar-refractivity contribution in [1.29, 1.82) is 0 Å². The van der Waals surface area contributed by atoms with E-state index in [0.717, 1.165) is 25.0 Å². The van der Waals surface area contributed by atoms with Gasteiger partial charge in [-0.2, -0.15) is 0 Å². The molecule has 2 aliphatic rings. The summed E-state index contributed by atoms with van der Waals surface area (Å²) < 4.78 is 5.21. The zero-order valence-corrected chi connectivity index (χ0v) is 4.84. The molecular weight excluding hydrogens is 102 g/mol. The lowest BCUT2D eigenvalue weighted by atomic mass is 10.2. The van der Waals surface area contributed by atoms with Crippen LogP contribution in [-0.2, 0) is 4.74 Å². The standard InChI is InChI=1S/C6H11NO/c7-6-4-1-2-8-3-5(4)6/h4-6H,1-3,7H2. The quantitative estimate of drug-likeness (QED) is 0.479. The summed E-state index contributed by atoms with van der Waals surface area (Å²) in [6.45, 7) is 1.86. The first-order chi connectivity index (χ1) is 3.89. The average Bonchev–Trinajstić information content (AvgIpc) is 2.46. The van der Waals surface area contributed by atoms with Crippen molar-refractivity contribution in [2.24, 2.45) is 17.6 Å². The SMILES string of the molecule is NC1C2CCOCC12. The van der Waals surface area contributed by atoms with Crippen molar-refractivity contribution < 1.29 is 4.74 Å². The highest BCUT2D eigenvalue weighted by Crippen LogP contribution is 2.42. The largest absolute Gasteiger partial charge is 0.381 e. The van der Waals surface area contributed by atoms with Gasteiger partial charge in [0.25, 0.3) is 0 Å². The molecule has 0 aromatic heterocycles. The molecule has 0 amide bonds. The second kappa shape index (κ2) is 1.45. The molecule has 8 heavy (non-hydrogen) atoms. The zero-order valence-electron chi connectivity index (χ0n) is 4.84. The van der Waals surface area contributed by atoms with Crippen molar-refractivity contribution in [1.82, 2.24) is 0 Å². The normalized spacial score (nSPS) is 52.9. The fraction of sp³-hybridized carbons (Fsp3) is 1.00. The van der Waals surface area contributed by atoms with E-state index in [9.17, 15) is 0 Å². The molecule has 2 rings (SSSR count). The average molecular weight is 113 g/mol. The van der Waals surface area contributed by atoms with Crippen molar-refractivity contribution in [2.75, 3.05) is 13.2 Å². The maximum atomic E-state index is 5.69. The molecule has 2 N–H and O–H groups in total. The summed E-state index contributed by atoms with van der Waals surface area (Å²) in [5, 5.41) is 0. The maximum Gasteiger partial charge on any atom is 0.0512 e. The molecule has 46 valence electrons. The Bertz CT molecular complexity index is 92.7. The van der Waals surface area contributed by atoms with Crippen LogP contribution in [0.4, 0.5) is 0 Å². The van der Waals surface area contributed by atoms with E-state index in [1.54, 1.807) is 0 Å². The van der Waals surface area contributed by atoms with Crippen molar-refractivity contribution in [2.45, 2.75) is 12.5 Å². The molecule has 0 spiro atoms. The molecule has 0 aromatic rings. The van der Waals surface area contributed by atoms with Gasteiger partial charge in [-0.05, 0) is 12.3 Å². The maximum absolute atomic E-state index is 5.69. The Morgan fingerprint density at radius 2 is 2.25 bits per heavy atom. The highest BCUT2D eigenvalue weighted by atomic mass is 16.5. The van der Waals surface area contributed by atoms with E-state index in [1.165, 1.54) is 6.42 Å². The summed E-state index contributed by atoms with van der Waals surface area (Å²) in [6.07, 6.45) is 1.20. The second-order valence-electron chi connectivity index (χ2n) is 2.77. The Morgan fingerprint density at radius 3 is 2.75 bits per heavy atom. The van der Waals surface area contributed by atoms with Crippen molar-refractivity contribution in [3.8, 4) is 0 Å². The Kier molecular flexibility index (Phi) is 0.866. The van der Waals surface area contributed by atoms with Crippen molar-refractivity contribution in [3.05, 3.63) is 0 Å². The molecule has 0 aromatic carbocycles. The van der Waals surface area contributed by atoms with Gasteiger partial charge in [-0.15, -0.1) is 0 Å². The molecule has 2 nitrogen and oxygen atoms in total. The number of ether oxygens (including phenoxy) is 1. The lowest BCUT2D eigenvalue weighted by Crippen LogP contribution is -2.07. The van der Waals surface area contributed by atoms with Gasteiger partial charge in [0.2, 0.25) is 0 Å². The van der Waals surface area contributed by atoms with Gasteiger partial charge in [-0.3, -0.25) is 0 Å². The van der Waals surface area contributed by atoms with E-state index < -0.39 is 0 Å². The lowest BCUT2D eigenvalue weighted by Gasteiger charge is -2.06. The monoisotopic (exact) mass is 113 g/mol. The fourth-order valence-corrected chi connectivity index (χ4v) is 1.55. The lowest BCUT2D eigenvalue weighted by molar-refractivity contribution is 0.0888. The molecule has 1 aliphatic heterocycles. The minimum Gasteiger partial charge on any atom is -0.381 e. The number of hydrogen-bond acceptors (Lipinski definition) is 2. The molecule has 3 unspecified atom stereocenters. The van der Waals surface area contributed by atoms with Crippen LogP contribution in [-0.4, -0.2) is 19.3 Å². The number of hydrogen-bond donors (Lipinski definition) is 1. The third kappa shape index (κ3) is 0.501. The predicted molar refractivity (Wildman–Crippen MR) is 30.4 cm³/mol. The molecule has 1 saturated heterocycles. The van der Waals surface area contributed by atoms with Crippen LogP contribution in [0.3, 0.4) is 0 Å². The molecule has 2 fully saturated rings. The minimum atomic E-state index is 0.484. The third-order valence-electron chi connectivity index (χ3n) is 2.30. The third-order valence-corrected chi connectivity index (χ3v) is 2.30. The van der Waals surface area contributed by atoms with Gasteiger partial charge < -0.3 is 10.5 Å². The smallest absolute Gasteiger partial charge is 0.0512 e. The molecule has 0 bridgehead atoms. The van der Waals surface area contributed by atoms with Crippen LogP contribution in [0.25, 0.3) is 0 Å². The van der Waals surface area contributed by atoms with Crippen LogP contribution in [0.1, 0.15) is 6.42 Å². The van der Waals surface area contributed by atoms with Crippen LogP contribution < -0.4 is 5.73 Å². The van der Waals surface area contributed by atoms with Crippen molar-refractivity contribution >= 4 is 0 Å². The Balaban J connectivity index is 1.97. The van der Waals surface area contributed by atoms with E-state index >= 15 is 0 Å². The van der Waals surface area contributed by atoms with Crippen molar-refractivity contribution in [3.63, 3.8) is 0 Å². The summed E-state index contributed by atoms with van der Waals surface area (Å²) >= 11 is 0. The molecule has 3 atom stereocenters. The van der Waals surface area contributed by atoms with Gasteiger partial charge >= 0.3 is 0 Å². The predicted octanol–water partition coefficient (Wildman–Crippen LogP) is -0.0200. The van der Waals surface area contributed by atoms with Gasteiger partial charge in [-0.25, -0.2) is 0 Å². The van der Waals surface area contributed by atoms with Crippen LogP contribution >= 0.6 is 0 Å². The van der Waals surface area contributed by atoms with Gasteiger partial charge in [0.1, 0.15) is 0 Å². The van der Waals surface area contributed by atoms with Crippen LogP contribution in [0.2, 0.25) is 0 Å². The van der Waals surface area contributed by atoms with E-state index in [-0.39, 0.29) is 0 Å². The molecule has 1 heterocycles. The second-order valence-corrected chi connectivity index (χ2v) is 2.77. The van der Waals surface area contributed by atoms with E-state index in [2.05, 4.69) is 0 Å². The van der Waals surface area contributed by atoms with Crippen LogP contribution in [0, 0.1) is 11.8 Å². The van der Waals surface area contributed by atoms with E-state index in [4.69, 9.17) is 10.5 Å². The summed E-state index contributed by atoms with van der Waals surface area (Å²) in [4.78, 5) is 0. The van der Waals surface area contributed by atoms with Crippen LogP contribution in [0.15, 0.2) is 0 Å². The summed E-state index contributed by atoms with van der Waals surface area (Å²) in [5.74, 6) is 1.55. The summed E-state index contributed by atoms with van der Waals surface area (Å²) in [5.41, 5.74) is 5.69. The first-order valence-electron chi connectivity index (χ1n) is 3.23. The Hall–Kier alpha value is -0.0800. The molecule has 0 radical (unpaired) electrons. The molecule has 2 heteroatoms. The van der Waals surface area contributed by atoms with Gasteiger partial charge in [0.15, 0.2) is 0 Å². The Morgan fingerprint density at radius 1 is 1.38 bits per heavy atom. The molecule has 1 saturated carbocycles. The topological polar surface area (TPSA) is 35.2 Å². The number of rotatable bonds is 0. The minimum absolute atomic E-state index is 0.484. The first-order valence-corrected chi connectivity index (χ1v) is 3.23. The number of nitrogens with two attached hydrogens (primary N) is 1. The van der Waals surface area contributed by atoms with E-state index in [1.807, 2.05) is 0 Å². The zero-order chi connectivity index (χ0) is 5.56. The first kappa shape index (κ1) is 4.77. The summed E-state index contributed by atoms with van der Waals surface area (Å²) in [7, 11) is 0. The fourth-order valence-electron chi connectivity index (χ4n) is 1.55. The van der Waals surface area contributed by atoms with Gasteiger partial charge in [-0.1, -0.05) is 0 Å². The molecular formula is C6H11NO.